The Kier molecular flexibility index (Phi) is 6.03. The average Bonchev–Trinajstić information content (AvgIpc) is 2.90. The molecule has 1 aliphatic rings. The van der Waals surface area contributed by atoms with E-state index in [1.165, 1.54) is 0 Å². The zero-order valence-corrected chi connectivity index (χ0v) is 18.3. The molecule has 33 heavy (non-hydrogen) atoms. The van der Waals surface area contributed by atoms with Gasteiger partial charge in [-0.15, -0.1) is 0 Å². The van der Waals surface area contributed by atoms with Crippen molar-refractivity contribution in [2.24, 2.45) is 5.92 Å². The molecule has 1 heterocycles. The standard InChI is InChI=1S/C30H26N2O/c33-30(25-17-9-3-10-18-25)28-22-32(31-26-19-11-4-12-20-26)29(24-15-7-2-8-16-24)21-27(28)23-13-5-1-6-14-23/h1-21,27-28,31H,22H2. The van der Waals surface area contributed by atoms with Crippen molar-refractivity contribution in [3.8, 4) is 0 Å². The van der Waals surface area contributed by atoms with E-state index < -0.39 is 0 Å². The number of Topliss-reactive ketones (excluding diaryl/α,β-unsaturated/α-hetero) is 1. The third-order valence-electron chi connectivity index (χ3n) is 6.13. The van der Waals surface area contributed by atoms with Gasteiger partial charge in [-0.1, -0.05) is 115 Å². The summed E-state index contributed by atoms with van der Waals surface area (Å²) in [4.78, 5) is 13.7. The fraction of sp³-hybridized carbons (Fsp3) is 0.100. The van der Waals surface area contributed by atoms with Crippen LogP contribution < -0.4 is 5.43 Å². The molecule has 0 bridgehead atoms. The maximum atomic E-state index is 13.7. The van der Waals surface area contributed by atoms with E-state index in [0.717, 1.165) is 28.1 Å². The van der Waals surface area contributed by atoms with Gasteiger partial charge < -0.3 is 0 Å². The lowest BCUT2D eigenvalue weighted by Crippen LogP contribution is -2.42. The van der Waals surface area contributed by atoms with Gasteiger partial charge in [-0.3, -0.25) is 15.2 Å². The molecule has 0 saturated carbocycles. The van der Waals surface area contributed by atoms with E-state index in [1.54, 1.807) is 0 Å². The highest BCUT2D eigenvalue weighted by Crippen LogP contribution is 2.39. The summed E-state index contributed by atoms with van der Waals surface area (Å²) in [5, 5.41) is 2.12. The molecule has 2 unspecified atom stereocenters. The summed E-state index contributed by atoms with van der Waals surface area (Å²) in [7, 11) is 0. The summed E-state index contributed by atoms with van der Waals surface area (Å²) < 4.78 is 0. The molecule has 0 saturated heterocycles. The van der Waals surface area contributed by atoms with Crippen LogP contribution in [0.25, 0.3) is 5.70 Å². The van der Waals surface area contributed by atoms with Gasteiger partial charge in [0.15, 0.2) is 5.78 Å². The fourth-order valence-electron chi connectivity index (χ4n) is 4.49. The summed E-state index contributed by atoms with van der Waals surface area (Å²) in [6.07, 6.45) is 2.25. The van der Waals surface area contributed by atoms with Gasteiger partial charge in [0.2, 0.25) is 0 Å². The predicted molar refractivity (Wildman–Crippen MR) is 135 cm³/mol. The van der Waals surface area contributed by atoms with Crippen molar-refractivity contribution < 1.29 is 4.79 Å². The van der Waals surface area contributed by atoms with Gasteiger partial charge in [-0.2, -0.15) is 0 Å². The Morgan fingerprint density at radius 1 is 0.697 bits per heavy atom. The van der Waals surface area contributed by atoms with Crippen LogP contribution in [0.3, 0.4) is 0 Å². The van der Waals surface area contributed by atoms with E-state index in [2.05, 4.69) is 52.9 Å². The number of ketones is 1. The Hall–Kier alpha value is -4.11. The third kappa shape index (κ3) is 4.58. The molecule has 4 aromatic carbocycles. The van der Waals surface area contributed by atoms with E-state index in [-0.39, 0.29) is 17.6 Å². The topological polar surface area (TPSA) is 32.3 Å². The van der Waals surface area contributed by atoms with E-state index in [1.807, 2.05) is 84.9 Å². The van der Waals surface area contributed by atoms with Crippen LogP contribution in [0, 0.1) is 5.92 Å². The predicted octanol–water partition coefficient (Wildman–Crippen LogP) is 6.65. The van der Waals surface area contributed by atoms with Crippen molar-refractivity contribution in [1.29, 1.82) is 0 Å². The van der Waals surface area contributed by atoms with E-state index in [9.17, 15) is 4.79 Å². The molecule has 0 amide bonds. The SMILES string of the molecule is O=C(c1ccccc1)C1CN(Nc2ccccc2)C(c2ccccc2)=CC1c1ccccc1. The first-order valence-electron chi connectivity index (χ1n) is 11.3. The van der Waals surface area contributed by atoms with Crippen molar-refractivity contribution in [3.63, 3.8) is 0 Å². The largest absolute Gasteiger partial charge is 0.298 e. The van der Waals surface area contributed by atoms with Gasteiger partial charge in [0.05, 0.1) is 23.8 Å². The summed E-state index contributed by atoms with van der Waals surface area (Å²) in [6, 6.07) is 40.5. The van der Waals surface area contributed by atoms with Gasteiger partial charge in [-0.05, 0) is 23.3 Å². The van der Waals surface area contributed by atoms with Crippen LogP contribution in [-0.2, 0) is 0 Å². The number of carbonyl (C=O) groups is 1. The molecule has 0 spiro atoms. The Bertz CT molecular complexity index is 1220. The molecule has 1 aliphatic heterocycles. The second-order valence-electron chi connectivity index (χ2n) is 8.28. The molecule has 5 rings (SSSR count). The second kappa shape index (κ2) is 9.58. The minimum absolute atomic E-state index is 0.0251. The molecule has 2 atom stereocenters. The quantitative estimate of drug-likeness (QED) is 0.348. The molecule has 0 fully saturated rings. The minimum atomic E-state index is -0.224. The number of para-hydroxylation sites is 1. The first kappa shape index (κ1) is 20.8. The molecule has 0 radical (unpaired) electrons. The van der Waals surface area contributed by atoms with Gasteiger partial charge >= 0.3 is 0 Å². The van der Waals surface area contributed by atoms with Crippen LogP contribution >= 0.6 is 0 Å². The van der Waals surface area contributed by atoms with Crippen LogP contribution in [-0.4, -0.2) is 17.3 Å². The molecule has 4 aromatic rings. The lowest BCUT2D eigenvalue weighted by atomic mass is 9.78. The Morgan fingerprint density at radius 3 is 1.88 bits per heavy atom. The Balaban J connectivity index is 1.61. The normalized spacial score (nSPS) is 17.8. The molecular formula is C30H26N2O. The maximum Gasteiger partial charge on any atom is 0.168 e. The highest BCUT2D eigenvalue weighted by Gasteiger charge is 2.36. The molecule has 3 heteroatoms. The van der Waals surface area contributed by atoms with Crippen molar-refractivity contribution in [2.75, 3.05) is 12.0 Å². The molecule has 0 aliphatic carbocycles. The van der Waals surface area contributed by atoms with E-state index in [0.29, 0.717) is 6.54 Å². The van der Waals surface area contributed by atoms with Crippen molar-refractivity contribution in [3.05, 3.63) is 144 Å². The second-order valence-corrected chi connectivity index (χ2v) is 8.28. The zero-order chi connectivity index (χ0) is 22.5. The number of hydrogen-bond donors (Lipinski definition) is 1. The summed E-state index contributed by atoms with van der Waals surface area (Å²) in [5.41, 5.74) is 8.63. The minimum Gasteiger partial charge on any atom is -0.298 e. The lowest BCUT2D eigenvalue weighted by Gasteiger charge is -2.39. The number of rotatable bonds is 6. The van der Waals surface area contributed by atoms with Crippen LogP contribution in [0.1, 0.15) is 27.4 Å². The average molecular weight is 431 g/mol. The molecule has 3 nitrogen and oxygen atoms in total. The van der Waals surface area contributed by atoms with Crippen LogP contribution in [0.4, 0.5) is 5.69 Å². The van der Waals surface area contributed by atoms with Crippen molar-refractivity contribution in [2.45, 2.75) is 5.92 Å². The number of allylic oxidation sites excluding steroid dienone is 1. The molecule has 1 N–H and O–H groups in total. The highest BCUT2D eigenvalue weighted by atomic mass is 16.1. The number of benzene rings is 4. The fourth-order valence-corrected chi connectivity index (χ4v) is 4.49. The number of hydrazine groups is 1. The highest BCUT2D eigenvalue weighted by molar-refractivity contribution is 5.99. The number of nitrogens with zero attached hydrogens (tertiary/aromatic N) is 1. The molecule has 162 valence electrons. The summed E-state index contributed by atoms with van der Waals surface area (Å²) >= 11 is 0. The van der Waals surface area contributed by atoms with Crippen LogP contribution in [0.15, 0.2) is 127 Å². The first-order valence-corrected chi connectivity index (χ1v) is 11.3. The van der Waals surface area contributed by atoms with Gasteiger partial charge in [0.25, 0.3) is 0 Å². The van der Waals surface area contributed by atoms with Gasteiger partial charge in [0, 0.05) is 11.5 Å². The summed E-state index contributed by atoms with van der Waals surface area (Å²) in [5.74, 6) is -0.0888. The van der Waals surface area contributed by atoms with Crippen LogP contribution in [0.2, 0.25) is 0 Å². The maximum absolute atomic E-state index is 13.7. The molecular weight excluding hydrogens is 404 g/mol. The van der Waals surface area contributed by atoms with E-state index >= 15 is 0 Å². The number of carbonyl (C=O) groups excluding carboxylic acids is 1. The monoisotopic (exact) mass is 430 g/mol. The number of nitrogens with one attached hydrogen (secondary N) is 1. The van der Waals surface area contributed by atoms with Crippen LogP contribution in [0.5, 0.6) is 0 Å². The third-order valence-corrected chi connectivity index (χ3v) is 6.13. The lowest BCUT2D eigenvalue weighted by molar-refractivity contribution is 0.0885. The van der Waals surface area contributed by atoms with E-state index in [4.69, 9.17) is 0 Å². The van der Waals surface area contributed by atoms with Gasteiger partial charge in [0.1, 0.15) is 0 Å². The summed E-state index contributed by atoms with van der Waals surface area (Å²) in [6.45, 7) is 0.558. The van der Waals surface area contributed by atoms with Crippen molar-refractivity contribution in [1.82, 2.24) is 5.01 Å². The molecule has 0 aromatic heterocycles. The smallest absolute Gasteiger partial charge is 0.168 e. The van der Waals surface area contributed by atoms with Crippen molar-refractivity contribution >= 4 is 17.2 Å². The number of anilines is 1. The Morgan fingerprint density at radius 2 is 1.24 bits per heavy atom. The Labute approximate surface area is 195 Å². The number of hydrogen-bond acceptors (Lipinski definition) is 3. The van der Waals surface area contributed by atoms with Gasteiger partial charge in [-0.25, -0.2) is 0 Å². The first-order chi connectivity index (χ1) is 16.3. The zero-order valence-electron chi connectivity index (χ0n) is 18.3.